The average Bonchev–Trinajstić information content (AvgIpc) is 2.86. The minimum atomic E-state index is -4.54. The molecule has 1 unspecified atom stereocenters. The third-order valence-corrected chi connectivity index (χ3v) is 5.88. The van der Waals surface area contributed by atoms with Gasteiger partial charge in [0.05, 0.1) is 12.1 Å². The summed E-state index contributed by atoms with van der Waals surface area (Å²) in [5.41, 5.74) is -0.125. The summed E-state index contributed by atoms with van der Waals surface area (Å²) >= 11 is 0. The molecule has 0 aliphatic heterocycles. The van der Waals surface area contributed by atoms with Gasteiger partial charge in [-0.3, -0.25) is 0 Å². The number of rotatable bonds is 14. The van der Waals surface area contributed by atoms with Crippen LogP contribution in [0.3, 0.4) is 0 Å². The highest BCUT2D eigenvalue weighted by Gasteiger charge is 2.31. The van der Waals surface area contributed by atoms with Crippen molar-refractivity contribution in [3.05, 3.63) is 59.7 Å². The van der Waals surface area contributed by atoms with Crippen LogP contribution in [0.4, 0.5) is 18.0 Å². The van der Waals surface area contributed by atoms with Gasteiger partial charge in [-0.15, -0.1) is 0 Å². The SMILES string of the molecule is CCOC(Cc1ccc(OCCN(CC(CC)CC)C(=O)Oc2cccc(C(F)(F)F)c2)cc1)C(=O)O. The van der Waals surface area contributed by atoms with Crippen LogP contribution in [-0.2, 0) is 22.1 Å². The number of alkyl halides is 3. The van der Waals surface area contributed by atoms with Gasteiger partial charge in [0.15, 0.2) is 6.10 Å². The highest BCUT2D eigenvalue weighted by molar-refractivity contribution is 5.72. The molecule has 0 heterocycles. The summed E-state index contributed by atoms with van der Waals surface area (Å²) in [6, 6.07) is 11.1. The van der Waals surface area contributed by atoms with E-state index in [0.29, 0.717) is 18.9 Å². The number of benzene rings is 2. The van der Waals surface area contributed by atoms with Crippen molar-refractivity contribution in [2.24, 2.45) is 5.92 Å². The summed E-state index contributed by atoms with van der Waals surface area (Å²) in [5, 5.41) is 9.23. The van der Waals surface area contributed by atoms with Gasteiger partial charge in [-0.25, -0.2) is 9.59 Å². The molecule has 0 fully saturated rings. The Bertz CT molecular complexity index is 992. The lowest BCUT2D eigenvalue weighted by Crippen LogP contribution is -2.40. The highest BCUT2D eigenvalue weighted by Crippen LogP contribution is 2.31. The fourth-order valence-corrected chi connectivity index (χ4v) is 3.65. The van der Waals surface area contributed by atoms with Crippen molar-refractivity contribution in [1.82, 2.24) is 4.90 Å². The maximum Gasteiger partial charge on any atom is 0.416 e. The molecule has 0 aromatic heterocycles. The number of carboxylic acid groups (broad SMARTS) is 1. The highest BCUT2D eigenvalue weighted by atomic mass is 19.4. The third kappa shape index (κ3) is 9.95. The van der Waals surface area contributed by atoms with Gasteiger partial charge in [0.1, 0.15) is 18.1 Å². The summed E-state index contributed by atoms with van der Waals surface area (Å²) in [5.74, 6) is -0.490. The molecule has 0 spiro atoms. The van der Waals surface area contributed by atoms with E-state index in [0.717, 1.165) is 30.5 Å². The van der Waals surface area contributed by atoms with E-state index in [4.69, 9.17) is 14.2 Å². The molecule has 10 heteroatoms. The first kappa shape index (κ1) is 30.0. The second kappa shape index (κ2) is 14.5. The lowest BCUT2D eigenvalue weighted by molar-refractivity contribution is -0.150. The van der Waals surface area contributed by atoms with Gasteiger partial charge >= 0.3 is 18.2 Å². The zero-order valence-corrected chi connectivity index (χ0v) is 21.3. The lowest BCUT2D eigenvalue weighted by atomic mass is 10.0. The van der Waals surface area contributed by atoms with Crippen molar-refractivity contribution in [3.63, 3.8) is 0 Å². The second-order valence-electron chi connectivity index (χ2n) is 8.50. The van der Waals surface area contributed by atoms with Crippen LogP contribution in [0.15, 0.2) is 48.5 Å². The molecule has 1 atom stereocenters. The standard InChI is InChI=1S/C27H34F3NO6/c1-4-19(5-2)18-31(26(34)37-23-9-7-8-21(17-23)27(28,29)30)14-15-36-22-12-10-20(11-13-22)16-24(25(32)33)35-6-3/h7-13,17,19,24H,4-6,14-16,18H2,1-3H3,(H,32,33). The number of nitrogens with zero attached hydrogens (tertiary/aromatic N) is 1. The molecular formula is C27H34F3NO6. The van der Waals surface area contributed by atoms with Gasteiger partial charge in [0.2, 0.25) is 0 Å². The number of carboxylic acids is 1. The summed E-state index contributed by atoms with van der Waals surface area (Å²) in [7, 11) is 0. The van der Waals surface area contributed by atoms with Crippen LogP contribution in [0.1, 0.15) is 44.7 Å². The number of hydrogen-bond acceptors (Lipinski definition) is 5. The van der Waals surface area contributed by atoms with Crippen LogP contribution in [-0.4, -0.2) is 54.5 Å². The van der Waals surface area contributed by atoms with E-state index in [1.807, 2.05) is 13.8 Å². The summed E-state index contributed by atoms with van der Waals surface area (Å²) in [4.78, 5) is 25.6. The fourth-order valence-electron chi connectivity index (χ4n) is 3.65. The molecule has 204 valence electrons. The molecule has 0 aliphatic carbocycles. The molecule has 0 saturated heterocycles. The van der Waals surface area contributed by atoms with Crippen LogP contribution in [0.2, 0.25) is 0 Å². The Morgan fingerprint density at radius 1 is 1.00 bits per heavy atom. The number of carbonyl (C=O) groups excluding carboxylic acids is 1. The summed E-state index contributed by atoms with van der Waals surface area (Å²) in [6.45, 7) is 6.71. The first-order chi connectivity index (χ1) is 17.6. The molecule has 1 amide bonds. The quantitative estimate of drug-likeness (QED) is 0.323. The van der Waals surface area contributed by atoms with Crippen molar-refractivity contribution < 1.29 is 42.1 Å². The van der Waals surface area contributed by atoms with Gasteiger partial charge in [-0.1, -0.05) is 44.9 Å². The van der Waals surface area contributed by atoms with Crippen molar-refractivity contribution >= 4 is 12.1 Å². The first-order valence-corrected chi connectivity index (χ1v) is 12.3. The Labute approximate surface area is 215 Å². The first-order valence-electron chi connectivity index (χ1n) is 12.3. The molecule has 2 aromatic rings. The molecule has 2 rings (SSSR count). The summed E-state index contributed by atoms with van der Waals surface area (Å²) in [6.07, 6.45) is -4.36. The Balaban J connectivity index is 2.01. The molecule has 0 radical (unpaired) electrons. The van der Waals surface area contributed by atoms with E-state index < -0.39 is 29.9 Å². The van der Waals surface area contributed by atoms with Crippen molar-refractivity contribution in [2.75, 3.05) is 26.3 Å². The van der Waals surface area contributed by atoms with Crippen molar-refractivity contribution in [1.29, 1.82) is 0 Å². The largest absolute Gasteiger partial charge is 0.492 e. The zero-order valence-electron chi connectivity index (χ0n) is 21.3. The lowest BCUT2D eigenvalue weighted by Gasteiger charge is -2.26. The smallest absolute Gasteiger partial charge is 0.416 e. The zero-order chi connectivity index (χ0) is 27.4. The average molecular weight is 526 g/mol. The van der Waals surface area contributed by atoms with Crippen LogP contribution >= 0.6 is 0 Å². The molecule has 7 nitrogen and oxygen atoms in total. The molecule has 1 N–H and O–H groups in total. The Morgan fingerprint density at radius 3 is 2.24 bits per heavy atom. The number of hydrogen-bond donors (Lipinski definition) is 1. The predicted octanol–water partition coefficient (Wildman–Crippen LogP) is 6.05. The minimum absolute atomic E-state index is 0.133. The van der Waals surface area contributed by atoms with E-state index in [1.165, 1.54) is 17.0 Å². The molecule has 0 aliphatic rings. The second-order valence-corrected chi connectivity index (χ2v) is 8.50. The van der Waals surface area contributed by atoms with Gasteiger partial charge in [0, 0.05) is 19.6 Å². The van der Waals surface area contributed by atoms with Gasteiger partial charge in [-0.2, -0.15) is 13.2 Å². The van der Waals surface area contributed by atoms with E-state index in [2.05, 4.69) is 0 Å². The Kier molecular flexibility index (Phi) is 11.7. The predicted molar refractivity (Wildman–Crippen MR) is 132 cm³/mol. The number of aliphatic carboxylic acids is 1. The van der Waals surface area contributed by atoms with Crippen molar-refractivity contribution in [3.8, 4) is 11.5 Å². The van der Waals surface area contributed by atoms with E-state index >= 15 is 0 Å². The van der Waals surface area contributed by atoms with Gasteiger partial charge in [-0.05, 0) is 48.7 Å². The van der Waals surface area contributed by atoms with Gasteiger partial charge < -0.3 is 24.2 Å². The minimum Gasteiger partial charge on any atom is -0.492 e. The van der Waals surface area contributed by atoms with Gasteiger partial charge in [0.25, 0.3) is 0 Å². The van der Waals surface area contributed by atoms with E-state index in [1.54, 1.807) is 31.2 Å². The Hall–Kier alpha value is -3.27. The molecule has 2 aromatic carbocycles. The van der Waals surface area contributed by atoms with Crippen LogP contribution in [0, 0.1) is 5.92 Å². The molecule has 37 heavy (non-hydrogen) atoms. The maximum atomic E-state index is 13.0. The topological polar surface area (TPSA) is 85.3 Å². The summed E-state index contributed by atoms with van der Waals surface area (Å²) < 4.78 is 55.3. The third-order valence-electron chi connectivity index (χ3n) is 5.88. The van der Waals surface area contributed by atoms with E-state index in [-0.39, 0.29) is 31.2 Å². The van der Waals surface area contributed by atoms with Crippen LogP contribution in [0.5, 0.6) is 11.5 Å². The van der Waals surface area contributed by atoms with Crippen LogP contribution in [0.25, 0.3) is 0 Å². The molecule has 0 saturated carbocycles. The Morgan fingerprint density at radius 2 is 1.68 bits per heavy atom. The van der Waals surface area contributed by atoms with Crippen LogP contribution < -0.4 is 9.47 Å². The number of halogens is 3. The normalized spacial score (nSPS) is 12.3. The molecule has 0 bridgehead atoms. The number of ether oxygens (including phenoxy) is 3. The maximum absolute atomic E-state index is 13.0. The number of carbonyl (C=O) groups is 2. The number of amides is 1. The monoisotopic (exact) mass is 525 g/mol. The fraction of sp³-hybridized carbons (Fsp3) is 0.481. The molecular weight excluding hydrogens is 491 g/mol. The van der Waals surface area contributed by atoms with Crippen molar-refractivity contribution in [2.45, 2.75) is 52.3 Å². The van der Waals surface area contributed by atoms with E-state index in [9.17, 15) is 27.9 Å².